The van der Waals surface area contributed by atoms with Crippen LogP contribution < -0.4 is 4.74 Å². The summed E-state index contributed by atoms with van der Waals surface area (Å²) >= 11 is 7.07. The van der Waals surface area contributed by atoms with Gasteiger partial charge in [-0.1, -0.05) is 11.6 Å². The second-order valence-electron chi connectivity index (χ2n) is 3.28. The van der Waals surface area contributed by atoms with Crippen LogP contribution >= 0.6 is 22.9 Å². The Hall–Kier alpha value is -1.13. The highest BCUT2D eigenvalue weighted by atomic mass is 35.5. The Labute approximate surface area is 102 Å². The van der Waals surface area contributed by atoms with Gasteiger partial charge in [0.15, 0.2) is 4.47 Å². The van der Waals surface area contributed by atoms with Crippen molar-refractivity contribution in [3.05, 3.63) is 45.1 Å². The van der Waals surface area contributed by atoms with Crippen LogP contribution in [0.15, 0.2) is 24.4 Å². The first-order valence-corrected chi connectivity index (χ1v) is 5.84. The molecule has 2 aromatic rings. The van der Waals surface area contributed by atoms with Crippen LogP contribution in [0.5, 0.6) is 5.75 Å². The second-order valence-corrected chi connectivity index (χ2v) is 4.98. The molecule has 0 N–H and O–H groups in total. The summed E-state index contributed by atoms with van der Waals surface area (Å²) in [5.74, 6) is 0.414. The van der Waals surface area contributed by atoms with Crippen molar-refractivity contribution in [3.63, 3.8) is 0 Å². The lowest BCUT2D eigenvalue weighted by Gasteiger charge is -2.07. The maximum absolute atomic E-state index is 12.8. The van der Waals surface area contributed by atoms with E-state index in [1.165, 1.54) is 23.5 Å². The number of hydrogen-bond acceptors (Lipinski definition) is 3. The summed E-state index contributed by atoms with van der Waals surface area (Å²) in [4.78, 5) is 4.85. The number of thiazole rings is 1. The third kappa shape index (κ3) is 2.71. The molecular formula is C11H9ClFNOS. The first kappa shape index (κ1) is 11.4. The van der Waals surface area contributed by atoms with E-state index in [9.17, 15) is 4.39 Å². The summed E-state index contributed by atoms with van der Waals surface area (Å²) in [7, 11) is 0. The molecular weight excluding hydrogens is 249 g/mol. The predicted molar refractivity (Wildman–Crippen MR) is 62.6 cm³/mol. The van der Waals surface area contributed by atoms with Gasteiger partial charge in [0.1, 0.15) is 18.2 Å². The molecule has 0 bridgehead atoms. The van der Waals surface area contributed by atoms with Crippen molar-refractivity contribution in [2.24, 2.45) is 0 Å². The van der Waals surface area contributed by atoms with Gasteiger partial charge in [-0.3, -0.25) is 0 Å². The summed E-state index contributed by atoms with van der Waals surface area (Å²) in [6.07, 6.45) is 1.67. The highest BCUT2D eigenvalue weighted by Gasteiger charge is 2.03. The van der Waals surface area contributed by atoms with E-state index in [2.05, 4.69) is 4.98 Å². The van der Waals surface area contributed by atoms with Crippen LogP contribution in [0, 0.1) is 12.7 Å². The minimum Gasteiger partial charge on any atom is -0.488 e. The van der Waals surface area contributed by atoms with Gasteiger partial charge in [0, 0.05) is 6.20 Å². The van der Waals surface area contributed by atoms with Crippen LogP contribution in [0.4, 0.5) is 4.39 Å². The number of benzene rings is 1. The molecule has 1 heterocycles. The third-order valence-corrected chi connectivity index (χ3v) is 3.12. The first-order chi connectivity index (χ1) is 7.65. The summed E-state index contributed by atoms with van der Waals surface area (Å²) in [6, 6.07) is 4.43. The molecule has 0 aliphatic heterocycles. The molecule has 0 atom stereocenters. The number of hydrogen-bond donors (Lipinski definition) is 0. The quantitative estimate of drug-likeness (QED) is 0.834. The van der Waals surface area contributed by atoms with Gasteiger partial charge in [-0.25, -0.2) is 9.37 Å². The van der Waals surface area contributed by atoms with Crippen molar-refractivity contribution in [1.29, 1.82) is 0 Å². The monoisotopic (exact) mass is 257 g/mol. The van der Waals surface area contributed by atoms with Gasteiger partial charge in [0.05, 0.1) is 4.88 Å². The van der Waals surface area contributed by atoms with Crippen molar-refractivity contribution < 1.29 is 9.13 Å². The number of ether oxygens (including phenoxy) is 1. The zero-order valence-electron chi connectivity index (χ0n) is 8.54. The van der Waals surface area contributed by atoms with E-state index in [0.717, 1.165) is 10.4 Å². The normalized spacial score (nSPS) is 10.4. The highest BCUT2D eigenvalue weighted by Crippen LogP contribution is 2.22. The molecule has 2 rings (SSSR count). The molecule has 16 heavy (non-hydrogen) atoms. The lowest BCUT2D eigenvalue weighted by molar-refractivity contribution is 0.307. The highest BCUT2D eigenvalue weighted by molar-refractivity contribution is 7.15. The van der Waals surface area contributed by atoms with Gasteiger partial charge in [0.2, 0.25) is 0 Å². The molecule has 0 spiro atoms. The SMILES string of the molecule is Cc1cc(F)ccc1OCc1cnc(Cl)s1. The fourth-order valence-electron chi connectivity index (χ4n) is 1.27. The van der Waals surface area contributed by atoms with E-state index in [1.807, 2.05) is 0 Å². The topological polar surface area (TPSA) is 22.1 Å². The largest absolute Gasteiger partial charge is 0.488 e. The average molecular weight is 258 g/mol. The molecule has 1 aromatic heterocycles. The van der Waals surface area contributed by atoms with Gasteiger partial charge in [0.25, 0.3) is 0 Å². The smallest absolute Gasteiger partial charge is 0.183 e. The van der Waals surface area contributed by atoms with Crippen LogP contribution in [0.25, 0.3) is 0 Å². The molecule has 0 unspecified atom stereocenters. The number of aromatic nitrogens is 1. The van der Waals surface area contributed by atoms with Gasteiger partial charge in [-0.2, -0.15) is 0 Å². The van der Waals surface area contributed by atoms with Crippen molar-refractivity contribution in [3.8, 4) is 5.75 Å². The molecule has 0 radical (unpaired) electrons. The van der Waals surface area contributed by atoms with E-state index in [1.54, 1.807) is 19.2 Å². The van der Waals surface area contributed by atoms with Crippen LogP contribution in [0.2, 0.25) is 4.47 Å². The van der Waals surface area contributed by atoms with Crippen LogP contribution in [0.3, 0.4) is 0 Å². The molecule has 1 aromatic carbocycles. The van der Waals surface area contributed by atoms with Gasteiger partial charge in [-0.15, -0.1) is 11.3 Å². The summed E-state index contributed by atoms with van der Waals surface area (Å²) < 4.78 is 18.9. The van der Waals surface area contributed by atoms with Crippen molar-refractivity contribution in [2.45, 2.75) is 13.5 Å². The zero-order valence-corrected chi connectivity index (χ0v) is 10.1. The lowest BCUT2D eigenvalue weighted by atomic mass is 10.2. The number of nitrogens with zero attached hydrogens (tertiary/aromatic N) is 1. The van der Waals surface area contributed by atoms with Gasteiger partial charge in [-0.05, 0) is 30.7 Å². The maximum atomic E-state index is 12.8. The Bertz CT molecular complexity index is 500. The van der Waals surface area contributed by atoms with Gasteiger partial charge < -0.3 is 4.74 Å². The second kappa shape index (κ2) is 4.80. The molecule has 5 heteroatoms. The molecule has 0 aliphatic carbocycles. The molecule has 0 saturated heterocycles. The van der Waals surface area contributed by atoms with Crippen molar-refractivity contribution in [2.75, 3.05) is 0 Å². The van der Waals surface area contributed by atoms with E-state index >= 15 is 0 Å². The zero-order chi connectivity index (χ0) is 11.5. The van der Waals surface area contributed by atoms with Crippen LogP contribution in [0.1, 0.15) is 10.4 Å². The summed E-state index contributed by atoms with van der Waals surface area (Å²) in [5, 5.41) is 0. The molecule has 0 aliphatic rings. The van der Waals surface area contributed by atoms with Crippen molar-refractivity contribution in [1.82, 2.24) is 4.98 Å². The number of rotatable bonds is 3. The van der Waals surface area contributed by atoms with Crippen LogP contribution in [-0.2, 0) is 6.61 Å². The van der Waals surface area contributed by atoms with E-state index < -0.39 is 0 Å². The van der Waals surface area contributed by atoms with Crippen molar-refractivity contribution >= 4 is 22.9 Å². The van der Waals surface area contributed by atoms with E-state index in [0.29, 0.717) is 16.8 Å². The minimum atomic E-state index is -0.259. The standard InChI is InChI=1S/C11H9ClFNOS/c1-7-4-8(13)2-3-10(7)15-6-9-5-14-11(12)16-9/h2-5H,6H2,1H3. The molecule has 2 nitrogen and oxygen atoms in total. The molecule has 0 amide bonds. The Balaban J connectivity index is 2.04. The Morgan fingerprint density at radius 3 is 2.94 bits per heavy atom. The number of halogens is 2. The molecule has 0 fully saturated rings. The minimum absolute atomic E-state index is 0.259. The first-order valence-electron chi connectivity index (χ1n) is 4.64. The average Bonchev–Trinajstić information content (AvgIpc) is 2.63. The number of aryl methyl sites for hydroxylation is 1. The van der Waals surface area contributed by atoms with Gasteiger partial charge >= 0.3 is 0 Å². The maximum Gasteiger partial charge on any atom is 0.183 e. The molecule has 0 saturated carbocycles. The predicted octanol–water partition coefficient (Wildman–Crippen LogP) is 3.82. The Morgan fingerprint density at radius 2 is 2.31 bits per heavy atom. The fraction of sp³-hybridized carbons (Fsp3) is 0.182. The Morgan fingerprint density at radius 1 is 1.50 bits per heavy atom. The Kier molecular flexibility index (Phi) is 3.41. The summed E-state index contributed by atoms with van der Waals surface area (Å²) in [5.41, 5.74) is 0.774. The third-order valence-electron chi connectivity index (χ3n) is 2.03. The van der Waals surface area contributed by atoms with E-state index in [4.69, 9.17) is 16.3 Å². The molecule has 84 valence electrons. The fourth-order valence-corrected chi connectivity index (χ4v) is 2.17. The lowest BCUT2D eigenvalue weighted by Crippen LogP contribution is -1.95. The van der Waals surface area contributed by atoms with E-state index in [-0.39, 0.29) is 5.82 Å². The summed E-state index contributed by atoms with van der Waals surface area (Å²) in [6.45, 7) is 2.20. The van der Waals surface area contributed by atoms with Crippen LogP contribution in [-0.4, -0.2) is 4.98 Å².